The second-order valence-electron chi connectivity index (χ2n) is 4.83. The minimum Gasteiger partial charge on any atom is -0.365 e. The zero-order valence-corrected chi connectivity index (χ0v) is 14.0. The third kappa shape index (κ3) is 3.64. The van der Waals surface area contributed by atoms with Crippen LogP contribution in [0.1, 0.15) is 24.7 Å². The van der Waals surface area contributed by atoms with Crippen LogP contribution in [0.3, 0.4) is 0 Å². The van der Waals surface area contributed by atoms with Crippen molar-refractivity contribution < 1.29 is 0 Å². The maximum atomic E-state index is 8.88. The van der Waals surface area contributed by atoms with Gasteiger partial charge in [-0.05, 0) is 41.9 Å². The Kier molecular flexibility index (Phi) is 5.40. The normalized spacial score (nSPS) is 10.4. The first kappa shape index (κ1) is 15.6. The van der Waals surface area contributed by atoms with E-state index in [2.05, 4.69) is 51.1 Å². The topological polar surface area (TPSA) is 44.9 Å². The van der Waals surface area contributed by atoms with Gasteiger partial charge in [0.05, 0.1) is 34.9 Å². The Balaban J connectivity index is 2.29. The second kappa shape index (κ2) is 7.28. The minimum absolute atomic E-state index is 0.506. The molecule has 0 aliphatic heterocycles. The Morgan fingerprint density at radius 3 is 2.67 bits per heavy atom. The number of aryl methyl sites for hydroxylation is 2. The lowest BCUT2D eigenvalue weighted by Gasteiger charge is -2.24. The Labute approximate surface area is 134 Å². The predicted octanol–water partition coefficient (Wildman–Crippen LogP) is 3.89. The van der Waals surface area contributed by atoms with Gasteiger partial charge in [-0.1, -0.05) is 18.2 Å². The number of benzene rings is 1. The van der Waals surface area contributed by atoms with Crippen LogP contribution in [0.5, 0.6) is 0 Å². The molecule has 0 aliphatic carbocycles. The van der Waals surface area contributed by atoms with E-state index in [0.29, 0.717) is 13.0 Å². The fraction of sp³-hybridized carbons (Fsp3) is 0.375. The number of rotatable bonds is 6. The monoisotopic (exact) mass is 346 g/mol. The number of hydrogen-bond donors (Lipinski definition) is 0. The molecule has 2 rings (SSSR count). The molecule has 5 heteroatoms. The van der Waals surface area contributed by atoms with Crippen molar-refractivity contribution in [2.75, 3.05) is 11.4 Å². The van der Waals surface area contributed by atoms with Crippen molar-refractivity contribution in [2.45, 2.75) is 33.4 Å². The zero-order valence-electron chi connectivity index (χ0n) is 12.4. The molecule has 0 atom stereocenters. The highest BCUT2D eigenvalue weighted by molar-refractivity contribution is 9.10. The van der Waals surface area contributed by atoms with Gasteiger partial charge >= 0.3 is 0 Å². The lowest BCUT2D eigenvalue weighted by molar-refractivity contribution is 0.605. The van der Waals surface area contributed by atoms with Crippen molar-refractivity contribution >= 4 is 21.6 Å². The molecule has 0 N–H and O–H groups in total. The lowest BCUT2D eigenvalue weighted by Crippen LogP contribution is -2.25. The second-order valence-corrected chi connectivity index (χ2v) is 5.62. The molecular formula is C16H19BrN4. The van der Waals surface area contributed by atoms with Crippen LogP contribution in [-0.4, -0.2) is 16.3 Å². The number of nitriles is 1. The molecule has 21 heavy (non-hydrogen) atoms. The summed E-state index contributed by atoms with van der Waals surface area (Å²) >= 11 is 3.64. The van der Waals surface area contributed by atoms with E-state index in [9.17, 15) is 0 Å². The molecule has 0 saturated carbocycles. The van der Waals surface area contributed by atoms with Crippen molar-refractivity contribution in [3.63, 3.8) is 0 Å². The first-order valence-electron chi connectivity index (χ1n) is 7.06. The molecule has 0 radical (unpaired) electrons. The third-order valence-electron chi connectivity index (χ3n) is 3.41. The van der Waals surface area contributed by atoms with Crippen LogP contribution >= 0.6 is 15.9 Å². The van der Waals surface area contributed by atoms with Crippen molar-refractivity contribution in [1.29, 1.82) is 5.26 Å². The van der Waals surface area contributed by atoms with Crippen LogP contribution in [-0.2, 0) is 13.1 Å². The van der Waals surface area contributed by atoms with Crippen molar-refractivity contribution in [1.82, 2.24) is 9.78 Å². The summed E-state index contributed by atoms with van der Waals surface area (Å²) in [5, 5.41) is 13.4. The summed E-state index contributed by atoms with van der Waals surface area (Å²) in [7, 11) is 0. The summed E-state index contributed by atoms with van der Waals surface area (Å²) in [4.78, 5) is 2.22. The van der Waals surface area contributed by atoms with E-state index >= 15 is 0 Å². The van der Waals surface area contributed by atoms with E-state index in [0.717, 1.165) is 34.6 Å². The van der Waals surface area contributed by atoms with Crippen molar-refractivity contribution in [3.8, 4) is 6.07 Å². The van der Waals surface area contributed by atoms with Crippen molar-refractivity contribution in [2.24, 2.45) is 0 Å². The fourth-order valence-corrected chi connectivity index (χ4v) is 2.73. The molecule has 1 aromatic heterocycles. The van der Waals surface area contributed by atoms with Gasteiger partial charge in [0, 0.05) is 18.8 Å². The molecular weight excluding hydrogens is 328 g/mol. The molecule has 110 valence electrons. The van der Waals surface area contributed by atoms with E-state index in [-0.39, 0.29) is 0 Å². The van der Waals surface area contributed by atoms with Gasteiger partial charge in [0.2, 0.25) is 0 Å². The molecule has 0 saturated heterocycles. The quantitative estimate of drug-likeness (QED) is 0.796. The van der Waals surface area contributed by atoms with E-state index in [1.807, 2.05) is 29.8 Å². The molecule has 0 amide bonds. The molecule has 1 heterocycles. The van der Waals surface area contributed by atoms with Crippen LogP contribution in [0.2, 0.25) is 0 Å². The van der Waals surface area contributed by atoms with E-state index in [4.69, 9.17) is 5.26 Å². The Hall–Kier alpha value is -1.80. The average Bonchev–Trinajstić information content (AvgIpc) is 2.79. The summed E-state index contributed by atoms with van der Waals surface area (Å²) < 4.78 is 3.07. The number of para-hydroxylation sites is 1. The van der Waals surface area contributed by atoms with Crippen LogP contribution in [0.25, 0.3) is 0 Å². The van der Waals surface area contributed by atoms with Crippen LogP contribution < -0.4 is 4.90 Å². The highest BCUT2D eigenvalue weighted by Gasteiger charge is 2.16. The molecule has 0 unspecified atom stereocenters. The smallest absolute Gasteiger partial charge is 0.0739 e. The Bertz CT molecular complexity index is 628. The van der Waals surface area contributed by atoms with Crippen LogP contribution in [0.4, 0.5) is 5.69 Å². The van der Waals surface area contributed by atoms with Gasteiger partial charge in [0.1, 0.15) is 0 Å². The first-order chi connectivity index (χ1) is 10.2. The summed E-state index contributed by atoms with van der Waals surface area (Å²) in [6, 6.07) is 12.4. The standard InChI is InChI=1S/C16H19BrN4/c1-3-21-15(16(17)13(2)19-21)12-20(11-7-10-18)14-8-5-4-6-9-14/h4-6,8-9H,3,7,11-12H2,1-2H3. The van der Waals surface area contributed by atoms with Gasteiger partial charge in [-0.3, -0.25) is 4.68 Å². The molecule has 2 aromatic rings. The van der Waals surface area contributed by atoms with E-state index in [1.54, 1.807) is 0 Å². The summed E-state index contributed by atoms with van der Waals surface area (Å²) in [6.07, 6.45) is 0.506. The number of halogens is 1. The number of anilines is 1. The predicted molar refractivity (Wildman–Crippen MR) is 88.1 cm³/mol. The molecule has 0 aliphatic rings. The third-order valence-corrected chi connectivity index (χ3v) is 4.44. The minimum atomic E-state index is 0.506. The molecule has 0 fully saturated rings. The molecule has 4 nitrogen and oxygen atoms in total. The Morgan fingerprint density at radius 2 is 2.05 bits per heavy atom. The molecule has 0 bridgehead atoms. The van der Waals surface area contributed by atoms with Gasteiger partial charge in [0.15, 0.2) is 0 Å². The van der Waals surface area contributed by atoms with Crippen LogP contribution in [0.15, 0.2) is 34.8 Å². The Morgan fingerprint density at radius 1 is 1.33 bits per heavy atom. The highest BCUT2D eigenvalue weighted by atomic mass is 79.9. The summed E-state index contributed by atoms with van der Waals surface area (Å²) in [5.74, 6) is 0. The molecule has 0 spiro atoms. The lowest BCUT2D eigenvalue weighted by atomic mass is 10.2. The molecule has 1 aromatic carbocycles. The fourth-order valence-electron chi connectivity index (χ4n) is 2.32. The average molecular weight is 347 g/mol. The van der Waals surface area contributed by atoms with E-state index in [1.165, 1.54) is 0 Å². The maximum absolute atomic E-state index is 8.88. The SMILES string of the molecule is CCn1nc(C)c(Br)c1CN(CCC#N)c1ccccc1. The highest BCUT2D eigenvalue weighted by Crippen LogP contribution is 2.25. The van der Waals surface area contributed by atoms with Gasteiger partial charge < -0.3 is 4.90 Å². The number of nitrogens with zero attached hydrogens (tertiary/aromatic N) is 4. The van der Waals surface area contributed by atoms with Gasteiger partial charge in [-0.2, -0.15) is 10.4 Å². The van der Waals surface area contributed by atoms with Gasteiger partial charge in [0.25, 0.3) is 0 Å². The first-order valence-corrected chi connectivity index (χ1v) is 7.85. The van der Waals surface area contributed by atoms with Crippen molar-refractivity contribution in [3.05, 3.63) is 46.2 Å². The number of hydrogen-bond acceptors (Lipinski definition) is 3. The summed E-state index contributed by atoms with van der Waals surface area (Å²) in [6.45, 7) is 6.37. The van der Waals surface area contributed by atoms with Crippen LogP contribution in [0, 0.1) is 18.3 Å². The van der Waals surface area contributed by atoms with E-state index < -0.39 is 0 Å². The maximum Gasteiger partial charge on any atom is 0.0739 e. The number of aromatic nitrogens is 2. The largest absolute Gasteiger partial charge is 0.365 e. The van der Waals surface area contributed by atoms with Gasteiger partial charge in [-0.25, -0.2) is 0 Å². The summed E-state index contributed by atoms with van der Waals surface area (Å²) in [5.41, 5.74) is 3.28. The van der Waals surface area contributed by atoms with Gasteiger partial charge in [-0.15, -0.1) is 0 Å². The zero-order chi connectivity index (χ0) is 15.2.